The van der Waals surface area contributed by atoms with Gasteiger partial charge in [-0.25, -0.2) is 0 Å². The monoisotopic (exact) mass is 307 g/mol. The van der Waals surface area contributed by atoms with Crippen molar-refractivity contribution in [2.24, 2.45) is 0 Å². The zero-order valence-electron chi connectivity index (χ0n) is 12.1. The molecule has 0 amide bonds. The Kier molecular flexibility index (Phi) is 6.91. The van der Waals surface area contributed by atoms with E-state index in [1.165, 1.54) is 49.1 Å². The Hall–Kier alpha value is -1.85. The van der Waals surface area contributed by atoms with Crippen LogP contribution in [-0.2, 0) is 16.5 Å². The van der Waals surface area contributed by atoms with Crippen LogP contribution in [0.25, 0.3) is 0 Å². The fraction of sp³-hybridized carbons (Fsp3) is 0.250. The molecule has 0 unspecified atom stereocenters. The maximum absolute atomic E-state index is 10.5. The Morgan fingerprint density at radius 3 is 2.05 bits per heavy atom. The Morgan fingerprint density at radius 1 is 1.00 bits per heavy atom. The van der Waals surface area contributed by atoms with Gasteiger partial charge in [-0.05, 0) is 42.7 Å². The molecule has 0 aromatic heterocycles. The van der Waals surface area contributed by atoms with Gasteiger partial charge in [0, 0.05) is 5.69 Å². The lowest BCUT2D eigenvalue weighted by molar-refractivity contribution is 0.483. The highest BCUT2D eigenvalue weighted by molar-refractivity contribution is 7.85. The number of nitrogens with two attached hydrogens (primary N) is 1. The smallest absolute Gasteiger partial charge is 0.294 e. The maximum Gasteiger partial charge on any atom is 0.294 e. The number of unbranched alkanes of at least 4 members (excludes halogenated alkanes) is 1. The van der Waals surface area contributed by atoms with Crippen molar-refractivity contribution in [2.45, 2.75) is 31.1 Å². The van der Waals surface area contributed by atoms with Crippen molar-refractivity contribution in [1.29, 1.82) is 0 Å². The lowest BCUT2D eigenvalue weighted by Gasteiger charge is -1.96. The number of rotatable bonds is 4. The van der Waals surface area contributed by atoms with E-state index in [2.05, 4.69) is 37.3 Å². The van der Waals surface area contributed by atoms with Gasteiger partial charge < -0.3 is 5.73 Å². The van der Waals surface area contributed by atoms with Crippen LogP contribution in [0.4, 0.5) is 5.69 Å². The molecule has 2 aromatic carbocycles. The zero-order valence-corrected chi connectivity index (χ0v) is 12.9. The number of aryl methyl sites for hydroxylation is 1. The summed E-state index contributed by atoms with van der Waals surface area (Å²) < 4.78 is 29.4. The van der Waals surface area contributed by atoms with Gasteiger partial charge in [0.05, 0.1) is 4.90 Å². The highest BCUT2D eigenvalue weighted by atomic mass is 32.2. The summed E-state index contributed by atoms with van der Waals surface area (Å²) in [6, 6.07) is 15.9. The molecule has 0 atom stereocenters. The predicted octanol–water partition coefficient (Wildman–Crippen LogP) is 3.54. The van der Waals surface area contributed by atoms with Crippen LogP contribution in [-0.4, -0.2) is 13.0 Å². The van der Waals surface area contributed by atoms with Crippen LogP contribution in [0.15, 0.2) is 59.5 Å². The maximum atomic E-state index is 10.5. The summed E-state index contributed by atoms with van der Waals surface area (Å²) in [5, 5.41) is 0. The van der Waals surface area contributed by atoms with E-state index >= 15 is 0 Å². The summed E-state index contributed by atoms with van der Waals surface area (Å²) in [7, 11) is -4.08. The number of anilines is 1. The number of benzene rings is 2. The Bertz CT molecular complexity index is 622. The molecule has 0 spiro atoms. The van der Waals surface area contributed by atoms with E-state index in [1.54, 1.807) is 0 Å². The molecule has 0 bridgehead atoms. The molecule has 114 valence electrons. The topological polar surface area (TPSA) is 80.4 Å². The average Bonchev–Trinajstić information content (AvgIpc) is 2.46. The van der Waals surface area contributed by atoms with E-state index < -0.39 is 10.1 Å². The fourth-order valence-electron chi connectivity index (χ4n) is 1.67. The van der Waals surface area contributed by atoms with Gasteiger partial charge in [0.1, 0.15) is 0 Å². The van der Waals surface area contributed by atoms with E-state index in [-0.39, 0.29) is 4.90 Å². The van der Waals surface area contributed by atoms with Gasteiger partial charge in [-0.15, -0.1) is 0 Å². The summed E-state index contributed by atoms with van der Waals surface area (Å²) in [5.74, 6) is 0. The van der Waals surface area contributed by atoms with E-state index in [1.807, 2.05) is 0 Å². The van der Waals surface area contributed by atoms with Crippen molar-refractivity contribution in [3.8, 4) is 0 Å². The van der Waals surface area contributed by atoms with Crippen molar-refractivity contribution in [3.63, 3.8) is 0 Å². The van der Waals surface area contributed by atoms with Crippen molar-refractivity contribution < 1.29 is 13.0 Å². The highest BCUT2D eigenvalue weighted by Crippen LogP contribution is 2.10. The standard InChI is InChI=1S/C10H14.C6H7NO3S/c1-2-3-7-10-8-5-4-6-9-10;7-5-1-3-6(4-2-5)11(8,9)10/h4-6,8-9H,2-3,7H2,1H3;1-4H,7H2,(H,8,9,10). The normalized spacial score (nSPS) is 10.6. The minimum atomic E-state index is -4.08. The van der Waals surface area contributed by atoms with Crippen LogP contribution in [0.5, 0.6) is 0 Å². The van der Waals surface area contributed by atoms with Crippen LogP contribution < -0.4 is 5.73 Å². The molecule has 2 rings (SSSR count). The first-order chi connectivity index (χ1) is 9.93. The molecule has 3 N–H and O–H groups in total. The zero-order chi connectivity index (χ0) is 15.7. The predicted molar refractivity (Wildman–Crippen MR) is 85.7 cm³/mol. The van der Waals surface area contributed by atoms with Crippen molar-refractivity contribution in [3.05, 3.63) is 60.2 Å². The van der Waals surface area contributed by atoms with E-state index in [0.29, 0.717) is 5.69 Å². The van der Waals surface area contributed by atoms with Crippen molar-refractivity contribution in [1.82, 2.24) is 0 Å². The van der Waals surface area contributed by atoms with Crippen molar-refractivity contribution >= 4 is 15.8 Å². The van der Waals surface area contributed by atoms with E-state index in [0.717, 1.165) is 0 Å². The SMILES string of the molecule is CCCCc1ccccc1.Nc1ccc(S(=O)(=O)O)cc1. The first-order valence-electron chi connectivity index (χ1n) is 6.80. The number of hydrogen-bond acceptors (Lipinski definition) is 3. The van der Waals surface area contributed by atoms with Gasteiger partial charge in [0.25, 0.3) is 10.1 Å². The molecule has 0 saturated carbocycles. The molecular weight excluding hydrogens is 286 g/mol. The fourth-order valence-corrected chi connectivity index (χ4v) is 2.15. The summed E-state index contributed by atoms with van der Waals surface area (Å²) in [6.45, 7) is 2.23. The molecule has 0 saturated heterocycles. The lowest BCUT2D eigenvalue weighted by Crippen LogP contribution is -1.97. The summed E-state index contributed by atoms with van der Waals surface area (Å²) in [6.07, 6.45) is 3.83. The highest BCUT2D eigenvalue weighted by Gasteiger charge is 2.06. The van der Waals surface area contributed by atoms with Gasteiger partial charge in [0.15, 0.2) is 0 Å². The average molecular weight is 307 g/mol. The molecule has 21 heavy (non-hydrogen) atoms. The molecule has 4 nitrogen and oxygen atoms in total. The van der Waals surface area contributed by atoms with Gasteiger partial charge in [-0.3, -0.25) is 4.55 Å². The first-order valence-corrected chi connectivity index (χ1v) is 8.24. The van der Waals surface area contributed by atoms with Crippen LogP contribution in [0.1, 0.15) is 25.3 Å². The quantitative estimate of drug-likeness (QED) is 0.668. The van der Waals surface area contributed by atoms with Crippen molar-refractivity contribution in [2.75, 3.05) is 5.73 Å². The Morgan fingerprint density at radius 2 is 1.57 bits per heavy atom. The van der Waals surface area contributed by atoms with Gasteiger partial charge in [0.2, 0.25) is 0 Å². The largest absolute Gasteiger partial charge is 0.399 e. The Labute approximate surface area is 126 Å². The minimum Gasteiger partial charge on any atom is -0.399 e. The second kappa shape index (κ2) is 8.44. The molecular formula is C16H21NO3S. The second-order valence-electron chi connectivity index (χ2n) is 4.63. The van der Waals surface area contributed by atoms with Gasteiger partial charge in [-0.2, -0.15) is 8.42 Å². The summed E-state index contributed by atoms with van der Waals surface area (Å²) in [4.78, 5) is -0.147. The molecule has 0 aliphatic carbocycles. The minimum absolute atomic E-state index is 0.147. The number of nitrogen functional groups attached to an aromatic ring is 1. The molecule has 0 aliphatic heterocycles. The third-order valence-corrected chi connectivity index (χ3v) is 3.71. The van der Waals surface area contributed by atoms with Gasteiger partial charge in [-0.1, -0.05) is 43.7 Å². The molecule has 2 aromatic rings. The van der Waals surface area contributed by atoms with Gasteiger partial charge >= 0.3 is 0 Å². The van der Waals surface area contributed by atoms with Crippen LogP contribution in [0.3, 0.4) is 0 Å². The van der Waals surface area contributed by atoms with Crippen LogP contribution in [0, 0.1) is 0 Å². The summed E-state index contributed by atoms with van der Waals surface area (Å²) in [5.41, 5.74) is 7.21. The molecule has 5 heteroatoms. The molecule has 0 radical (unpaired) electrons. The van der Waals surface area contributed by atoms with Crippen LogP contribution >= 0.6 is 0 Å². The third-order valence-electron chi connectivity index (χ3n) is 2.84. The number of hydrogen-bond donors (Lipinski definition) is 2. The summed E-state index contributed by atoms with van der Waals surface area (Å²) >= 11 is 0. The van der Waals surface area contributed by atoms with Crippen LogP contribution in [0.2, 0.25) is 0 Å². The lowest BCUT2D eigenvalue weighted by atomic mass is 10.1. The first kappa shape index (κ1) is 17.2. The second-order valence-corrected chi connectivity index (χ2v) is 6.05. The third kappa shape index (κ3) is 6.92. The molecule has 0 aliphatic rings. The molecule has 0 fully saturated rings. The van der Waals surface area contributed by atoms with E-state index in [4.69, 9.17) is 10.3 Å². The molecule has 0 heterocycles. The Balaban J connectivity index is 0.000000211. The van der Waals surface area contributed by atoms with E-state index in [9.17, 15) is 8.42 Å².